The maximum atomic E-state index is 13.5. The second kappa shape index (κ2) is 8.71. The van der Waals surface area contributed by atoms with Gasteiger partial charge in [-0.1, -0.05) is 48.0 Å². The zero-order valence-electron chi connectivity index (χ0n) is 18.7. The summed E-state index contributed by atoms with van der Waals surface area (Å²) in [4.78, 5) is 28.2. The molecule has 0 saturated heterocycles. The highest BCUT2D eigenvalue weighted by Gasteiger charge is 2.39. The third-order valence-corrected chi connectivity index (χ3v) is 5.78. The SMILES string of the molecule is COc1ccc(CN2C(=O)C(Nc3ccc(C)cc3)=C(c3ccc(C)c(C)c3)C2=O)cc1. The molecule has 0 atom stereocenters. The number of anilines is 1. The van der Waals surface area contributed by atoms with E-state index in [1.165, 1.54) is 4.90 Å². The molecule has 4 rings (SSSR count). The van der Waals surface area contributed by atoms with Crippen LogP contribution >= 0.6 is 0 Å². The summed E-state index contributed by atoms with van der Waals surface area (Å²) in [5.41, 5.74) is 6.37. The van der Waals surface area contributed by atoms with Gasteiger partial charge in [0, 0.05) is 5.69 Å². The molecule has 0 saturated carbocycles. The molecule has 0 bridgehead atoms. The largest absolute Gasteiger partial charge is 0.497 e. The van der Waals surface area contributed by atoms with Crippen molar-refractivity contribution in [3.8, 4) is 5.75 Å². The van der Waals surface area contributed by atoms with Gasteiger partial charge >= 0.3 is 0 Å². The maximum Gasteiger partial charge on any atom is 0.278 e. The molecule has 3 aromatic carbocycles. The first-order valence-corrected chi connectivity index (χ1v) is 10.5. The molecule has 1 heterocycles. The molecule has 2 amide bonds. The molecule has 0 aliphatic carbocycles. The number of carbonyl (C=O) groups excluding carboxylic acids is 2. The van der Waals surface area contributed by atoms with Gasteiger partial charge in [-0.2, -0.15) is 0 Å². The normalized spacial score (nSPS) is 13.7. The fraction of sp³-hybridized carbons (Fsp3) is 0.185. The van der Waals surface area contributed by atoms with Crippen molar-refractivity contribution in [2.24, 2.45) is 0 Å². The Morgan fingerprint density at radius 3 is 2.12 bits per heavy atom. The van der Waals surface area contributed by atoms with Crippen molar-refractivity contribution in [3.63, 3.8) is 0 Å². The van der Waals surface area contributed by atoms with E-state index >= 15 is 0 Å². The van der Waals surface area contributed by atoms with E-state index in [-0.39, 0.29) is 18.4 Å². The fourth-order valence-electron chi connectivity index (χ4n) is 3.70. The number of carbonyl (C=O) groups is 2. The second-order valence-corrected chi connectivity index (χ2v) is 8.08. The third kappa shape index (κ3) is 4.14. The highest BCUT2D eigenvalue weighted by molar-refractivity contribution is 6.36. The van der Waals surface area contributed by atoms with E-state index < -0.39 is 0 Å². The van der Waals surface area contributed by atoms with E-state index in [0.717, 1.165) is 39.3 Å². The number of benzene rings is 3. The lowest BCUT2D eigenvalue weighted by atomic mass is 9.99. The number of nitrogens with zero attached hydrogens (tertiary/aromatic N) is 1. The minimum Gasteiger partial charge on any atom is -0.497 e. The smallest absolute Gasteiger partial charge is 0.278 e. The van der Waals surface area contributed by atoms with Crippen LogP contribution in [0.15, 0.2) is 72.4 Å². The molecular formula is C27H26N2O3. The highest BCUT2D eigenvalue weighted by Crippen LogP contribution is 2.32. The summed E-state index contributed by atoms with van der Waals surface area (Å²) in [7, 11) is 1.60. The van der Waals surface area contributed by atoms with E-state index in [0.29, 0.717) is 11.3 Å². The van der Waals surface area contributed by atoms with E-state index in [4.69, 9.17) is 4.74 Å². The van der Waals surface area contributed by atoms with Gasteiger partial charge in [0.25, 0.3) is 11.8 Å². The Bertz CT molecular complexity index is 1210. The van der Waals surface area contributed by atoms with Gasteiger partial charge in [-0.25, -0.2) is 0 Å². The Balaban J connectivity index is 1.72. The monoisotopic (exact) mass is 426 g/mol. The van der Waals surface area contributed by atoms with Gasteiger partial charge in [0.2, 0.25) is 0 Å². The molecule has 32 heavy (non-hydrogen) atoms. The Morgan fingerprint density at radius 2 is 1.50 bits per heavy atom. The second-order valence-electron chi connectivity index (χ2n) is 8.08. The van der Waals surface area contributed by atoms with Crippen molar-refractivity contribution in [2.75, 3.05) is 12.4 Å². The molecule has 0 aromatic heterocycles. The molecule has 1 aliphatic heterocycles. The number of hydrogen-bond acceptors (Lipinski definition) is 4. The fourth-order valence-corrected chi connectivity index (χ4v) is 3.70. The van der Waals surface area contributed by atoms with Crippen LogP contribution in [0.5, 0.6) is 5.75 Å². The Kier molecular flexibility index (Phi) is 5.82. The predicted octanol–water partition coefficient (Wildman–Crippen LogP) is 5.01. The number of imide groups is 1. The van der Waals surface area contributed by atoms with Crippen LogP contribution in [0, 0.1) is 20.8 Å². The van der Waals surface area contributed by atoms with Crippen molar-refractivity contribution >= 4 is 23.1 Å². The van der Waals surface area contributed by atoms with Gasteiger partial charge < -0.3 is 10.1 Å². The first-order valence-electron chi connectivity index (χ1n) is 10.5. The van der Waals surface area contributed by atoms with Crippen molar-refractivity contribution in [1.82, 2.24) is 4.90 Å². The molecule has 0 fully saturated rings. The number of rotatable bonds is 6. The van der Waals surface area contributed by atoms with Crippen LogP contribution < -0.4 is 10.1 Å². The molecule has 0 spiro atoms. The van der Waals surface area contributed by atoms with Gasteiger partial charge in [0.1, 0.15) is 11.4 Å². The predicted molar refractivity (Wildman–Crippen MR) is 126 cm³/mol. The van der Waals surface area contributed by atoms with Crippen LogP contribution in [0.3, 0.4) is 0 Å². The van der Waals surface area contributed by atoms with Crippen molar-refractivity contribution in [1.29, 1.82) is 0 Å². The Labute approximate surface area is 188 Å². The summed E-state index contributed by atoms with van der Waals surface area (Å²) < 4.78 is 5.20. The summed E-state index contributed by atoms with van der Waals surface area (Å²) in [5, 5.41) is 3.21. The molecule has 0 unspecified atom stereocenters. The molecule has 1 aliphatic rings. The van der Waals surface area contributed by atoms with Crippen LogP contribution in [0.1, 0.15) is 27.8 Å². The van der Waals surface area contributed by atoms with Crippen LogP contribution in [-0.4, -0.2) is 23.8 Å². The number of ether oxygens (including phenoxy) is 1. The van der Waals surface area contributed by atoms with E-state index in [9.17, 15) is 9.59 Å². The van der Waals surface area contributed by atoms with Gasteiger partial charge in [-0.05, 0) is 67.3 Å². The summed E-state index contributed by atoms with van der Waals surface area (Å²) in [6.45, 7) is 6.22. The molecule has 5 heteroatoms. The highest BCUT2D eigenvalue weighted by atomic mass is 16.5. The quantitative estimate of drug-likeness (QED) is 0.563. The maximum absolute atomic E-state index is 13.5. The zero-order valence-corrected chi connectivity index (χ0v) is 18.7. The van der Waals surface area contributed by atoms with Crippen LogP contribution in [0.25, 0.3) is 5.57 Å². The minimum atomic E-state index is -0.334. The lowest BCUT2D eigenvalue weighted by Crippen LogP contribution is -2.32. The van der Waals surface area contributed by atoms with Gasteiger partial charge in [0.05, 0.1) is 19.2 Å². The number of aryl methyl sites for hydroxylation is 3. The van der Waals surface area contributed by atoms with E-state index in [1.54, 1.807) is 7.11 Å². The van der Waals surface area contributed by atoms with E-state index in [1.807, 2.05) is 87.5 Å². The minimum absolute atomic E-state index is 0.190. The van der Waals surface area contributed by atoms with Crippen LogP contribution in [-0.2, 0) is 16.1 Å². The molecular weight excluding hydrogens is 400 g/mol. The van der Waals surface area contributed by atoms with Crippen molar-refractivity contribution < 1.29 is 14.3 Å². The summed E-state index contributed by atoms with van der Waals surface area (Å²) in [6, 6.07) is 21.0. The van der Waals surface area contributed by atoms with Gasteiger partial charge in [-0.15, -0.1) is 0 Å². The molecule has 1 N–H and O–H groups in total. The molecule has 3 aromatic rings. The Hall–Kier alpha value is -3.86. The summed E-state index contributed by atoms with van der Waals surface area (Å²) in [6.07, 6.45) is 0. The Morgan fingerprint density at radius 1 is 0.812 bits per heavy atom. The average molecular weight is 427 g/mol. The number of amides is 2. The number of nitrogens with one attached hydrogen (secondary N) is 1. The molecule has 0 radical (unpaired) electrons. The zero-order chi connectivity index (χ0) is 22.8. The topological polar surface area (TPSA) is 58.6 Å². The molecule has 5 nitrogen and oxygen atoms in total. The first kappa shape index (κ1) is 21.4. The first-order chi connectivity index (χ1) is 15.4. The third-order valence-electron chi connectivity index (χ3n) is 5.78. The number of hydrogen-bond donors (Lipinski definition) is 1. The summed E-state index contributed by atoms with van der Waals surface area (Å²) in [5.74, 6) is 0.0896. The van der Waals surface area contributed by atoms with E-state index in [2.05, 4.69) is 5.32 Å². The standard InChI is InChI=1S/C27H26N2O3/c1-17-5-11-22(12-6-17)28-25-24(21-10-7-18(2)19(3)15-21)26(30)29(27(25)31)16-20-8-13-23(32-4)14-9-20/h5-15,28H,16H2,1-4H3. The number of methoxy groups -OCH3 is 1. The average Bonchev–Trinajstić information content (AvgIpc) is 3.02. The lowest BCUT2D eigenvalue weighted by molar-refractivity contribution is -0.137. The van der Waals surface area contributed by atoms with Gasteiger partial charge in [0.15, 0.2) is 0 Å². The lowest BCUT2D eigenvalue weighted by Gasteiger charge is -2.16. The van der Waals surface area contributed by atoms with Crippen LogP contribution in [0.4, 0.5) is 5.69 Å². The molecule has 162 valence electrons. The van der Waals surface area contributed by atoms with Crippen LogP contribution in [0.2, 0.25) is 0 Å². The van der Waals surface area contributed by atoms with Crippen molar-refractivity contribution in [2.45, 2.75) is 27.3 Å². The summed E-state index contributed by atoms with van der Waals surface area (Å²) >= 11 is 0. The van der Waals surface area contributed by atoms with Gasteiger partial charge in [-0.3, -0.25) is 14.5 Å². The van der Waals surface area contributed by atoms with Crippen molar-refractivity contribution in [3.05, 3.63) is 100 Å².